The minimum Gasteiger partial charge on any atom is -0.386 e. The average Bonchev–Trinajstić information content (AvgIpc) is 3.06. The summed E-state index contributed by atoms with van der Waals surface area (Å²) in [6.45, 7) is -0.953. The molecular weight excluding hydrogens is 352 g/mol. The molecule has 22 heavy (non-hydrogen) atoms. The van der Waals surface area contributed by atoms with Crippen molar-refractivity contribution in [2.24, 2.45) is 0 Å². The molecule has 5 nitrogen and oxygen atoms in total. The van der Waals surface area contributed by atoms with Crippen LogP contribution in [0, 0.1) is 0 Å². The van der Waals surface area contributed by atoms with Crippen LogP contribution in [0.2, 0.25) is 0 Å². The number of nitrogens with zero attached hydrogens (tertiary/aromatic N) is 2. The zero-order valence-corrected chi connectivity index (χ0v) is 13.4. The first-order valence-electron chi connectivity index (χ1n) is 6.22. The number of carbonyl (C=O) groups excluding carboxylic acids is 1. The Morgan fingerprint density at radius 3 is 2.55 bits per heavy atom. The maximum atomic E-state index is 13.0. The van der Waals surface area contributed by atoms with Crippen LogP contribution >= 0.6 is 34.5 Å². The van der Waals surface area contributed by atoms with E-state index in [1.165, 1.54) is 11.3 Å². The Morgan fingerprint density at radius 2 is 2.05 bits per heavy atom. The molecule has 0 aliphatic heterocycles. The lowest BCUT2D eigenvalue weighted by molar-refractivity contribution is -0.121. The number of aliphatic hydroxyl groups is 1. The number of rotatable bonds is 6. The Labute approximate surface area is 140 Å². The van der Waals surface area contributed by atoms with Gasteiger partial charge < -0.3 is 10.4 Å². The molecule has 2 unspecified atom stereocenters. The lowest BCUT2D eigenvalue weighted by Gasteiger charge is -2.22. The molecule has 1 amide bonds. The summed E-state index contributed by atoms with van der Waals surface area (Å²) >= 11 is 12.2. The molecule has 1 aromatic heterocycles. The second-order valence-corrected chi connectivity index (χ2v) is 6.31. The molecule has 9 heteroatoms. The van der Waals surface area contributed by atoms with Gasteiger partial charge in [0.05, 0.1) is 6.04 Å². The lowest BCUT2D eigenvalue weighted by atomic mass is 10.0. The number of hydrogen-bond acceptors (Lipinski definition) is 5. The Kier molecular flexibility index (Phi) is 6.07. The van der Waals surface area contributed by atoms with Crippen LogP contribution in [0.5, 0.6) is 0 Å². The third kappa shape index (κ3) is 4.13. The van der Waals surface area contributed by atoms with Crippen molar-refractivity contribution < 1.29 is 14.3 Å². The van der Waals surface area contributed by atoms with Crippen LogP contribution in [0.4, 0.5) is 4.39 Å². The van der Waals surface area contributed by atoms with Crippen molar-refractivity contribution in [3.8, 4) is 10.6 Å². The van der Waals surface area contributed by atoms with Gasteiger partial charge in [-0.3, -0.25) is 4.79 Å². The minimum atomic E-state index is -1.32. The van der Waals surface area contributed by atoms with E-state index in [1.54, 1.807) is 29.8 Å². The Hall–Kier alpha value is -1.28. The first kappa shape index (κ1) is 17.1. The number of amides is 1. The van der Waals surface area contributed by atoms with E-state index in [-0.39, 0.29) is 0 Å². The molecule has 0 bridgehead atoms. The molecule has 0 aliphatic carbocycles. The molecule has 0 saturated heterocycles. The summed E-state index contributed by atoms with van der Waals surface area (Å²) in [5, 5.41) is 20.8. The number of carbonyl (C=O) groups is 1. The molecule has 0 spiro atoms. The van der Waals surface area contributed by atoms with Gasteiger partial charge in [-0.1, -0.05) is 58.8 Å². The first-order chi connectivity index (χ1) is 10.5. The topological polar surface area (TPSA) is 75.1 Å². The standard InChI is InChI=1S/C13H12Cl2FN3O2S/c14-11(15)12(21)18-9(5-16)10(20)7-1-3-8(4-2-7)13-19-17-6-22-13/h1-4,6,9-11,20H,5H2,(H,18,21). The Morgan fingerprint density at radius 1 is 1.36 bits per heavy atom. The number of hydrogen-bond donors (Lipinski definition) is 2. The fraction of sp³-hybridized carbons (Fsp3) is 0.308. The van der Waals surface area contributed by atoms with Crippen molar-refractivity contribution in [1.82, 2.24) is 15.5 Å². The third-order valence-corrected chi connectivity index (χ3v) is 4.07. The molecule has 2 N–H and O–H groups in total. The van der Waals surface area contributed by atoms with Gasteiger partial charge in [0, 0.05) is 5.56 Å². The van der Waals surface area contributed by atoms with Gasteiger partial charge in [0.1, 0.15) is 23.3 Å². The molecule has 2 rings (SSSR count). The van der Waals surface area contributed by atoms with Crippen molar-refractivity contribution in [1.29, 1.82) is 0 Å². The fourth-order valence-electron chi connectivity index (χ4n) is 1.80. The summed E-state index contributed by atoms with van der Waals surface area (Å²) < 4.78 is 13.0. The summed E-state index contributed by atoms with van der Waals surface area (Å²) in [7, 11) is 0. The van der Waals surface area contributed by atoms with Gasteiger partial charge in [-0.25, -0.2) is 4.39 Å². The van der Waals surface area contributed by atoms with E-state index >= 15 is 0 Å². The van der Waals surface area contributed by atoms with Crippen molar-refractivity contribution in [2.45, 2.75) is 17.0 Å². The summed E-state index contributed by atoms with van der Waals surface area (Å²) in [4.78, 5) is 10.1. The van der Waals surface area contributed by atoms with E-state index in [2.05, 4.69) is 15.5 Å². The maximum Gasteiger partial charge on any atom is 0.253 e. The molecular formula is C13H12Cl2FN3O2S. The molecule has 2 atom stereocenters. The normalized spacial score (nSPS) is 13.9. The van der Waals surface area contributed by atoms with E-state index in [1.807, 2.05) is 0 Å². The quantitative estimate of drug-likeness (QED) is 0.773. The SMILES string of the molecule is O=C(NC(CF)C(O)c1ccc(-c2nncs2)cc1)C(Cl)Cl. The Bertz CT molecular complexity index is 610. The van der Waals surface area contributed by atoms with Crippen LogP contribution in [0.3, 0.4) is 0 Å². The minimum absolute atomic E-state index is 0.455. The van der Waals surface area contributed by atoms with E-state index in [9.17, 15) is 14.3 Å². The number of nitrogens with one attached hydrogen (secondary N) is 1. The van der Waals surface area contributed by atoms with E-state index < -0.39 is 29.6 Å². The highest BCUT2D eigenvalue weighted by Crippen LogP contribution is 2.24. The van der Waals surface area contributed by atoms with Crippen LogP contribution in [0.15, 0.2) is 29.8 Å². The first-order valence-corrected chi connectivity index (χ1v) is 7.97. The highest BCUT2D eigenvalue weighted by atomic mass is 35.5. The van der Waals surface area contributed by atoms with Crippen LogP contribution < -0.4 is 5.32 Å². The molecule has 2 aromatic rings. The number of halogens is 3. The summed E-state index contributed by atoms with van der Waals surface area (Å²) in [6, 6.07) is 5.62. The number of benzene rings is 1. The molecule has 0 fully saturated rings. The smallest absolute Gasteiger partial charge is 0.253 e. The van der Waals surface area contributed by atoms with Crippen molar-refractivity contribution in [3.63, 3.8) is 0 Å². The van der Waals surface area contributed by atoms with Gasteiger partial charge in [-0.05, 0) is 5.56 Å². The third-order valence-electron chi connectivity index (χ3n) is 2.93. The zero-order valence-electron chi connectivity index (χ0n) is 11.1. The van der Waals surface area contributed by atoms with Crippen molar-refractivity contribution >= 4 is 40.4 Å². The second-order valence-electron chi connectivity index (χ2n) is 4.38. The van der Waals surface area contributed by atoms with Gasteiger partial charge in [0.15, 0.2) is 4.84 Å². The fourth-order valence-corrected chi connectivity index (χ4v) is 2.49. The average molecular weight is 364 g/mol. The van der Waals surface area contributed by atoms with E-state index in [0.717, 1.165) is 10.6 Å². The number of aliphatic hydroxyl groups excluding tert-OH is 1. The van der Waals surface area contributed by atoms with E-state index in [4.69, 9.17) is 23.2 Å². The van der Waals surface area contributed by atoms with Crippen LogP contribution in [0.25, 0.3) is 10.6 Å². The van der Waals surface area contributed by atoms with Crippen molar-refractivity contribution in [2.75, 3.05) is 6.67 Å². The van der Waals surface area contributed by atoms with Gasteiger partial charge in [-0.15, -0.1) is 10.2 Å². The molecule has 1 heterocycles. The predicted molar refractivity (Wildman–Crippen MR) is 83.7 cm³/mol. The lowest BCUT2D eigenvalue weighted by Crippen LogP contribution is -2.43. The van der Waals surface area contributed by atoms with Crippen LogP contribution in [-0.4, -0.2) is 38.8 Å². The molecule has 1 aromatic carbocycles. The highest BCUT2D eigenvalue weighted by Gasteiger charge is 2.25. The van der Waals surface area contributed by atoms with E-state index in [0.29, 0.717) is 5.56 Å². The van der Waals surface area contributed by atoms with Gasteiger partial charge in [0.25, 0.3) is 5.91 Å². The van der Waals surface area contributed by atoms with Gasteiger partial charge >= 0.3 is 0 Å². The monoisotopic (exact) mass is 363 g/mol. The molecule has 0 aliphatic rings. The largest absolute Gasteiger partial charge is 0.386 e. The predicted octanol–water partition coefficient (Wildman–Crippen LogP) is 2.50. The van der Waals surface area contributed by atoms with Gasteiger partial charge in [-0.2, -0.15) is 0 Å². The molecule has 0 radical (unpaired) electrons. The maximum absolute atomic E-state index is 13.0. The molecule has 0 saturated carbocycles. The summed E-state index contributed by atoms with van der Waals surface area (Å²) in [5.41, 5.74) is 2.90. The van der Waals surface area contributed by atoms with Gasteiger partial charge in [0.2, 0.25) is 0 Å². The van der Waals surface area contributed by atoms with Crippen molar-refractivity contribution in [3.05, 3.63) is 35.3 Å². The number of alkyl halides is 3. The number of aromatic nitrogens is 2. The molecule has 118 valence electrons. The zero-order chi connectivity index (χ0) is 16.1. The highest BCUT2D eigenvalue weighted by molar-refractivity contribution is 7.12. The summed E-state index contributed by atoms with van der Waals surface area (Å²) in [5.74, 6) is -0.754. The van der Waals surface area contributed by atoms with Crippen LogP contribution in [0.1, 0.15) is 11.7 Å². The second kappa shape index (κ2) is 7.82. The van der Waals surface area contributed by atoms with Crippen LogP contribution in [-0.2, 0) is 4.79 Å². The Balaban J connectivity index is 2.10. The summed E-state index contributed by atoms with van der Waals surface area (Å²) in [6.07, 6.45) is -1.22.